The van der Waals surface area contributed by atoms with Gasteiger partial charge in [-0.25, -0.2) is 0 Å². The Morgan fingerprint density at radius 3 is 1.11 bits per heavy atom. The maximum Gasteiger partial charge on any atom is 0.305 e. The third-order valence-corrected chi connectivity index (χ3v) is 6.17. The second kappa shape index (κ2) is 17.5. The molecule has 10 atom stereocenters. The minimum atomic E-state index is -1.83. The van der Waals surface area contributed by atoms with E-state index in [0.717, 1.165) is 55.4 Å². The summed E-state index contributed by atoms with van der Waals surface area (Å²) in [5.41, 5.74) is 0. The summed E-state index contributed by atoms with van der Waals surface area (Å²) in [7, 11) is 0. The molecule has 47 heavy (non-hydrogen) atoms. The molecular formula is C28H38O19. The highest BCUT2D eigenvalue weighted by Crippen LogP contribution is 2.35. The zero-order chi connectivity index (χ0) is 35.6. The van der Waals surface area contributed by atoms with Crippen molar-refractivity contribution in [2.45, 2.75) is 117 Å². The van der Waals surface area contributed by atoms with E-state index < -0.39 is 122 Å². The normalized spacial score (nSPS) is 30.0. The van der Waals surface area contributed by atoms with Gasteiger partial charge >= 0.3 is 47.8 Å². The minimum Gasteiger partial charge on any atom is -0.463 e. The largest absolute Gasteiger partial charge is 0.463 e. The van der Waals surface area contributed by atoms with Crippen molar-refractivity contribution in [3.05, 3.63) is 0 Å². The summed E-state index contributed by atoms with van der Waals surface area (Å²) in [5.74, 6) is -7.02. The van der Waals surface area contributed by atoms with Gasteiger partial charge < -0.3 is 52.1 Å². The van der Waals surface area contributed by atoms with Crippen molar-refractivity contribution in [3.63, 3.8) is 0 Å². The summed E-state index contributed by atoms with van der Waals surface area (Å²) < 4.78 is 60.2. The van der Waals surface area contributed by atoms with Crippen molar-refractivity contribution >= 4 is 47.8 Å². The molecule has 19 nitrogen and oxygen atoms in total. The average molecular weight is 679 g/mol. The minimum absolute atomic E-state index is 0.590. The van der Waals surface area contributed by atoms with Gasteiger partial charge in [0.05, 0.1) is 0 Å². The molecule has 19 heteroatoms. The van der Waals surface area contributed by atoms with E-state index in [1.807, 2.05) is 0 Å². The molecule has 0 unspecified atom stereocenters. The van der Waals surface area contributed by atoms with Gasteiger partial charge in [0.2, 0.25) is 12.4 Å². The molecule has 0 saturated carbocycles. The molecule has 0 aliphatic carbocycles. The molecular weight excluding hydrogens is 640 g/mol. The van der Waals surface area contributed by atoms with Crippen molar-refractivity contribution in [2.24, 2.45) is 0 Å². The lowest BCUT2D eigenvalue weighted by Crippen LogP contribution is -2.67. The Kier molecular flexibility index (Phi) is 14.5. The summed E-state index contributed by atoms with van der Waals surface area (Å²) in [6, 6.07) is 0. The van der Waals surface area contributed by atoms with Crippen LogP contribution in [0, 0.1) is 0 Å². The Balaban J connectivity index is 2.73. The van der Waals surface area contributed by atoms with Crippen LogP contribution in [-0.4, -0.2) is 122 Å². The number of esters is 8. The number of carbonyl (C=O) groups is 8. The number of hydrogen-bond donors (Lipinski definition) is 0. The molecule has 0 spiro atoms. The van der Waals surface area contributed by atoms with E-state index in [1.165, 1.54) is 0 Å². The molecule has 2 aliphatic rings. The van der Waals surface area contributed by atoms with Gasteiger partial charge in [0, 0.05) is 55.4 Å². The molecule has 2 saturated heterocycles. The van der Waals surface area contributed by atoms with Crippen molar-refractivity contribution < 1.29 is 90.5 Å². The predicted molar refractivity (Wildman–Crippen MR) is 145 cm³/mol. The first-order valence-corrected chi connectivity index (χ1v) is 14.2. The second-order valence-electron chi connectivity index (χ2n) is 10.3. The fraction of sp³-hybridized carbons (Fsp3) is 0.714. The molecule has 0 bridgehead atoms. The van der Waals surface area contributed by atoms with Crippen molar-refractivity contribution in [1.29, 1.82) is 0 Å². The van der Waals surface area contributed by atoms with Gasteiger partial charge in [-0.1, -0.05) is 0 Å². The topological polar surface area (TPSA) is 238 Å². The average Bonchev–Trinajstić information content (AvgIpc) is 2.91. The third-order valence-electron chi connectivity index (χ3n) is 6.17. The molecule has 0 aromatic carbocycles. The summed E-state index contributed by atoms with van der Waals surface area (Å²) in [5, 5.41) is 0. The monoisotopic (exact) mass is 678 g/mol. The zero-order valence-electron chi connectivity index (χ0n) is 26.9. The van der Waals surface area contributed by atoms with Crippen LogP contribution in [0.3, 0.4) is 0 Å². The first-order chi connectivity index (χ1) is 21.9. The Hall–Kier alpha value is -4.36. The SMILES string of the molecule is CC(=O)OC[C@@H]1O[C@@H](OC(C)=O)[C@H](OC(C)=O)[C@@H](OC(C)=O)[C@@H]1O[C@H]1O[C@H](COC(C)=O)[C@@H](OC(C)=O)[C@H](OC(C)=O)[C@H]1OC(C)=O. The molecule has 2 aliphatic heterocycles. The van der Waals surface area contributed by atoms with E-state index in [4.69, 9.17) is 52.1 Å². The number of rotatable bonds is 12. The molecule has 0 amide bonds. The van der Waals surface area contributed by atoms with Crippen LogP contribution in [0.15, 0.2) is 0 Å². The van der Waals surface area contributed by atoms with Crippen LogP contribution in [0.1, 0.15) is 55.4 Å². The fourth-order valence-electron chi connectivity index (χ4n) is 4.73. The van der Waals surface area contributed by atoms with Gasteiger partial charge in [0.1, 0.15) is 31.5 Å². The lowest BCUT2D eigenvalue weighted by Gasteiger charge is -2.48. The van der Waals surface area contributed by atoms with Gasteiger partial charge in [-0.05, 0) is 0 Å². The van der Waals surface area contributed by atoms with E-state index in [0.29, 0.717) is 0 Å². The van der Waals surface area contributed by atoms with Crippen LogP contribution >= 0.6 is 0 Å². The Morgan fingerprint density at radius 2 is 0.702 bits per heavy atom. The van der Waals surface area contributed by atoms with Crippen molar-refractivity contribution in [1.82, 2.24) is 0 Å². The van der Waals surface area contributed by atoms with Crippen LogP contribution in [0.5, 0.6) is 0 Å². The number of hydrogen-bond acceptors (Lipinski definition) is 19. The second-order valence-corrected chi connectivity index (χ2v) is 10.3. The lowest BCUT2D eigenvalue weighted by atomic mass is 9.96. The van der Waals surface area contributed by atoms with Crippen LogP contribution in [-0.2, 0) is 90.5 Å². The van der Waals surface area contributed by atoms with Gasteiger partial charge in [-0.2, -0.15) is 0 Å². The Bertz CT molecular complexity index is 1200. The maximum absolute atomic E-state index is 12.3. The first kappa shape index (κ1) is 38.8. The van der Waals surface area contributed by atoms with E-state index in [2.05, 4.69) is 0 Å². The number of ether oxygens (including phenoxy) is 11. The van der Waals surface area contributed by atoms with Crippen LogP contribution in [0.25, 0.3) is 0 Å². The fourth-order valence-corrected chi connectivity index (χ4v) is 4.73. The van der Waals surface area contributed by atoms with Crippen LogP contribution in [0.4, 0.5) is 0 Å². The summed E-state index contributed by atoms with van der Waals surface area (Å²) in [4.78, 5) is 96.3. The molecule has 0 N–H and O–H groups in total. The highest BCUT2D eigenvalue weighted by atomic mass is 16.8. The van der Waals surface area contributed by atoms with Gasteiger partial charge in [-0.3, -0.25) is 38.4 Å². The number of carbonyl (C=O) groups excluding carboxylic acids is 8. The standard InChI is InChI=1S/C28H38O19/c1-11(29)37-9-19-21(39-13(3)31)23(40-14(4)32)26(43-17(7)35)28(46-19)47-22-20(10-38-12(2)30)45-27(44-18(8)36)25(42-16(6)34)24(22)41-15(5)33/h19-28H,9-10H2,1-8H3/t19-,20+,21-,22-,23+,24+,25-,26-,27-,28-/m1/s1. The maximum atomic E-state index is 12.3. The van der Waals surface area contributed by atoms with Gasteiger partial charge in [-0.15, -0.1) is 0 Å². The molecule has 2 rings (SSSR count). The molecule has 0 aromatic rings. The van der Waals surface area contributed by atoms with Gasteiger partial charge in [0.25, 0.3) is 0 Å². The quantitative estimate of drug-likeness (QED) is 0.181. The van der Waals surface area contributed by atoms with Gasteiger partial charge in [0.15, 0.2) is 30.7 Å². The summed E-state index contributed by atoms with van der Waals surface area (Å²) in [6.07, 6.45) is -16.3. The molecule has 264 valence electrons. The van der Waals surface area contributed by atoms with E-state index >= 15 is 0 Å². The van der Waals surface area contributed by atoms with Crippen molar-refractivity contribution in [3.8, 4) is 0 Å². The molecule has 2 heterocycles. The molecule has 0 aromatic heterocycles. The van der Waals surface area contributed by atoms with E-state index in [9.17, 15) is 38.4 Å². The Morgan fingerprint density at radius 1 is 0.383 bits per heavy atom. The smallest absolute Gasteiger partial charge is 0.305 e. The summed E-state index contributed by atoms with van der Waals surface area (Å²) in [6.45, 7) is 7.05. The van der Waals surface area contributed by atoms with Crippen LogP contribution < -0.4 is 0 Å². The predicted octanol–water partition coefficient (Wildman–Crippen LogP) is -0.831. The third kappa shape index (κ3) is 12.1. The first-order valence-electron chi connectivity index (χ1n) is 14.2. The Labute approximate surface area is 268 Å². The van der Waals surface area contributed by atoms with E-state index in [1.54, 1.807) is 0 Å². The van der Waals surface area contributed by atoms with E-state index in [-0.39, 0.29) is 0 Å². The lowest BCUT2D eigenvalue weighted by molar-refractivity contribution is -0.357. The highest BCUT2D eigenvalue weighted by molar-refractivity contribution is 5.70. The van der Waals surface area contributed by atoms with Crippen LogP contribution in [0.2, 0.25) is 0 Å². The van der Waals surface area contributed by atoms with Crippen molar-refractivity contribution in [2.75, 3.05) is 13.2 Å². The zero-order valence-corrected chi connectivity index (χ0v) is 26.9. The molecule has 0 radical (unpaired) electrons. The molecule has 2 fully saturated rings. The summed E-state index contributed by atoms with van der Waals surface area (Å²) >= 11 is 0. The highest BCUT2D eigenvalue weighted by Gasteiger charge is 2.58.